The van der Waals surface area contributed by atoms with Crippen LogP contribution in [0.15, 0.2) is 18.3 Å². The van der Waals surface area contributed by atoms with Gasteiger partial charge in [0.15, 0.2) is 5.78 Å². The molecule has 0 aliphatic carbocycles. The number of carbonyl (C=O) groups is 1. The van der Waals surface area contributed by atoms with Crippen molar-refractivity contribution < 1.29 is 4.79 Å². The summed E-state index contributed by atoms with van der Waals surface area (Å²) in [5.41, 5.74) is 0.820. The Morgan fingerprint density at radius 1 is 1.42 bits per heavy atom. The molecule has 2 saturated heterocycles. The lowest BCUT2D eigenvalue weighted by Crippen LogP contribution is -2.56. The number of Topliss-reactive ketones (excluding diaryl/α,β-unsaturated/α-hetero) is 1. The predicted molar refractivity (Wildman–Crippen MR) is 75.4 cm³/mol. The molecular formula is C15H23N3O. The topological polar surface area (TPSA) is 28.5 Å². The van der Waals surface area contributed by atoms with Crippen LogP contribution in [0.4, 0.5) is 0 Å². The Bertz CT molecular complexity index is 468. The van der Waals surface area contributed by atoms with Gasteiger partial charge in [0.2, 0.25) is 0 Å². The minimum absolute atomic E-state index is 0.241. The summed E-state index contributed by atoms with van der Waals surface area (Å²) in [6.45, 7) is 6.22. The fraction of sp³-hybridized carbons (Fsp3) is 0.667. The summed E-state index contributed by atoms with van der Waals surface area (Å²) in [5, 5.41) is 0. The maximum absolute atomic E-state index is 12.4. The third-order valence-electron chi connectivity index (χ3n) is 4.64. The standard InChI is InChI=1S/C15H23N3O/c1-12-9-17-8-3-5-13(17)10-18(12)11-15(19)14-6-4-7-16(14)2/h4,6-7,12-13H,3,5,8-11H2,1-2H3. The first-order valence-corrected chi connectivity index (χ1v) is 7.28. The van der Waals surface area contributed by atoms with Crippen LogP contribution in [0.2, 0.25) is 0 Å². The van der Waals surface area contributed by atoms with Gasteiger partial charge in [0, 0.05) is 38.4 Å². The summed E-state index contributed by atoms with van der Waals surface area (Å²) in [4.78, 5) is 17.3. The highest BCUT2D eigenvalue weighted by Crippen LogP contribution is 2.24. The van der Waals surface area contributed by atoms with Gasteiger partial charge in [-0.15, -0.1) is 0 Å². The van der Waals surface area contributed by atoms with Crippen LogP contribution in [-0.4, -0.2) is 58.4 Å². The molecular weight excluding hydrogens is 238 g/mol. The van der Waals surface area contributed by atoms with Gasteiger partial charge in [-0.2, -0.15) is 0 Å². The van der Waals surface area contributed by atoms with E-state index < -0.39 is 0 Å². The lowest BCUT2D eigenvalue weighted by molar-refractivity contribution is 0.0531. The monoisotopic (exact) mass is 261 g/mol. The summed E-state index contributed by atoms with van der Waals surface area (Å²) >= 11 is 0. The van der Waals surface area contributed by atoms with E-state index >= 15 is 0 Å². The molecule has 0 amide bonds. The van der Waals surface area contributed by atoms with Gasteiger partial charge < -0.3 is 4.57 Å². The van der Waals surface area contributed by atoms with Crippen molar-refractivity contribution in [2.45, 2.75) is 31.8 Å². The Balaban J connectivity index is 1.66. The third kappa shape index (κ3) is 2.47. The molecule has 0 aromatic carbocycles. The zero-order chi connectivity index (χ0) is 13.4. The average Bonchev–Trinajstić information content (AvgIpc) is 2.98. The Morgan fingerprint density at radius 2 is 2.26 bits per heavy atom. The van der Waals surface area contributed by atoms with E-state index in [1.165, 1.54) is 19.4 Å². The predicted octanol–water partition coefficient (Wildman–Crippen LogP) is 1.38. The lowest BCUT2D eigenvalue weighted by atomic mass is 10.1. The molecule has 2 unspecified atom stereocenters. The summed E-state index contributed by atoms with van der Waals surface area (Å²) in [6.07, 6.45) is 4.55. The number of hydrogen-bond acceptors (Lipinski definition) is 3. The fourth-order valence-electron chi connectivity index (χ4n) is 3.48. The average molecular weight is 261 g/mol. The summed E-state index contributed by atoms with van der Waals surface area (Å²) in [6, 6.07) is 5.01. The second-order valence-electron chi connectivity index (χ2n) is 6.00. The maximum Gasteiger partial charge on any atom is 0.193 e. The Kier molecular flexibility index (Phi) is 3.46. The zero-order valence-corrected chi connectivity index (χ0v) is 11.9. The number of aromatic nitrogens is 1. The van der Waals surface area contributed by atoms with Crippen molar-refractivity contribution in [3.8, 4) is 0 Å². The number of piperazine rings is 1. The molecule has 2 aliphatic heterocycles. The normalized spacial score (nSPS) is 28.5. The van der Waals surface area contributed by atoms with E-state index in [1.807, 2.05) is 29.9 Å². The molecule has 4 nitrogen and oxygen atoms in total. The largest absolute Gasteiger partial charge is 0.348 e. The summed E-state index contributed by atoms with van der Waals surface area (Å²) in [5.74, 6) is 0.241. The van der Waals surface area contributed by atoms with Crippen molar-refractivity contribution in [2.75, 3.05) is 26.2 Å². The second kappa shape index (κ2) is 5.10. The smallest absolute Gasteiger partial charge is 0.193 e. The van der Waals surface area contributed by atoms with Gasteiger partial charge in [-0.25, -0.2) is 0 Å². The highest BCUT2D eigenvalue weighted by atomic mass is 16.1. The van der Waals surface area contributed by atoms with E-state index in [4.69, 9.17) is 0 Å². The van der Waals surface area contributed by atoms with Crippen molar-refractivity contribution in [2.24, 2.45) is 7.05 Å². The van der Waals surface area contributed by atoms with E-state index in [9.17, 15) is 4.79 Å². The molecule has 0 radical (unpaired) electrons. The molecule has 1 aromatic rings. The van der Waals surface area contributed by atoms with Gasteiger partial charge in [0.1, 0.15) is 0 Å². The molecule has 2 atom stereocenters. The van der Waals surface area contributed by atoms with Crippen LogP contribution >= 0.6 is 0 Å². The number of fused-ring (bicyclic) bond motifs is 1. The zero-order valence-electron chi connectivity index (χ0n) is 11.9. The van der Waals surface area contributed by atoms with Crippen LogP contribution in [0.25, 0.3) is 0 Å². The van der Waals surface area contributed by atoms with Crippen LogP contribution in [0.3, 0.4) is 0 Å². The third-order valence-corrected chi connectivity index (χ3v) is 4.64. The molecule has 4 heteroatoms. The number of aryl methyl sites for hydroxylation is 1. The molecule has 19 heavy (non-hydrogen) atoms. The van der Waals surface area contributed by atoms with Crippen molar-refractivity contribution >= 4 is 5.78 Å². The highest BCUT2D eigenvalue weighted by Gasteiger charge is 2.35. The van der Waals surface area contributed by atoms with Gasteiger partial charge in [0.05, 0.1) is 12.2 Å². The minimum atomic E-state index is 0.241. The van der Waals surface area contributed by atoms with E-state index in [1.54, 1.807) is 0 Å². The SMILES string of the molecule is CC1CN2CCCC2CN1CC(=O)c1cccn1C. The molecule has 3 rings (SSSR count). The molecule has 0 spiro atoms. The molecule has 104 valence electrons. The minimum Gasteiger partial charge on any atom is -0.348 e. The van der Waals surface area contributed by atoms with E-state index in [-0.39, 0.29) is 5.78 Å². The highest BCUT2D eigenvalue weighted by molar-refractivity contribution is 5.96. The Labute approximate surface area is 115 Å². The summed E-state index contributed by atoms with van der Waals surface area (Å²) < 4.78 is 1.92. The lowest BCUT2D eigenvalue weighted by Gasteiger charge is -2.41. The van der Waals surface area contributed by atoms with Gasteiger partial charge in [-0.3, -0.25) is 14.6 Å². The van der Waals surface area contributed by atoms with Crippen molar-refractivity contribution in [1.82, 2.24) is 14.4 Å². The number of hydrogen-bond donors (Lipinski definition) is 0. The molecule has 0 saturated carbocycles. The van der Waals surface area contributed by atoms with Crippen molar-refractivity contribution in [3.05, 3.63) is 24.0 Å². The number of carbonyl (C=O) groups excluding carboxylic acids is 1. The molecule has 2 aliphatic rings. The van der Waals surface area contributed by atoms with E-state index in [2.05, 4.69) is 16.7 Å². The Hall–Kier alpha value is -1.13. The Morgan fingerprint density at radius 3 is 3.00 bits per heavy atom. The first kappa shape index (κ1) is 12.9. The molecule has 3 heterocycles. The quantitative estimate of drug-likeness (QED) is 0.770. The number of nitrogens with zero attached hydrogens (tertiary/aromatic N) is 3. The molecule has 0 N–H and O–H groups in total. The van der Waals surface area contributed by atoms with Crippen LogP contribution in [-0.2, 0) is 7.05 Å². The second-order valence-corrected chi connectivity index (χ2v) is 6.00. The van der Waals surface area contributed by atoms with Crippen LogP contribution in [0.5, 0.6) is 0 Å². The van der Waals surface area contributed by atoms with Crippen LogP contribution < -0.4 is 0 Å². The van der Waals surface area contributed by atoms with Crippen LogP contribution in [0.1, 0.15) is 30.3 Å². The fourth-order valence-corrected chi connectivity index (χ4v) is 3.48. The summed E-state index contributed by atoms with van der Waals surface area (Å²) in [7, 11) is 1.94. The maximum atomic E-state index is 12.4. The number of rotatable bonds is 3. The van der Waals surface area contributed by atoms with E-state index in [0.717, 1.165) is 18.8 Å². The van der Waals surface area contributed by atoms with E-state index in [0.29, 0.717) is 18.6 Å². The number of ketones is 1. The molecule has 2 fully saturated rings. The molecule has 0 bridgehead atoms. The first-order chi connectivity index (χ1) is 9.15. The van der Waals surface area contributed by atoms with Gasteiger partial charge in [-0.05, 0) is 38.4 Å². The van der Waals surface area contributed by atoms with Gasteiger partial charge in [0.25, 0.3) is 0 Å². The first-order valence-electron chi connectivity index (χ1n) is 7.28. The van der Waals surface area contributed by atoms with Crippen molar-refractivity contribution in [3.63, 3.8) is 0 Å². The van der Waals surface area contributed by atoms with Crippen molar-refractivity contribution in [1.29, 1.82) is 0 Å². The van der Waals surface area contributed by atoms with Gasteiger partial charge >= 0.3 is 0 Å². The molecule has 1 aromatic heterocycles. The van der Waals surface area contributed by atoms with Crippen LogP contribution in [0, 0.1) is 0 Å². The van der Waals surface area contributed by atoms with Gasteiger partial charge in [-0.1, -0.05) is 0 Å².